The normalized spacial score (nSPS) is 20.3. The van der Waals surface area contributed by atoms with Gasteiger partial charge in [-0.1, -0.05) is 24.3 Å². The standard InChI is InChI=1S/C21H24N2O3/c24-21(20-9-8-16-5-1-2-7-19(16)26-20)23-13-10-18(11-14-23)25-15-17-6-3-4-12-22-17/h1-7,12,18,20H,8-11,13-15H2/t20-/m1/s1. The van der Waals surface area contributed by atoms with Crippen molar-refractivity contribution in [3.05, 3.63) is 59.9 Å². The van der Waals surface area contributed by atoms with Gasteiger partial charge in [-0.15, -0.1) is 0 Å². The van der Waals surface area contributed by atoms with Gasteiger partial charge in [0.1, 0.15) is 5.75 Å². The Hall–Kier alpha value is -2.40. The van der Waals surface area contributed by atoms with E-state index in [-0.39, 0.29) is 18.1 Å². The van der Waals surface area contributed by atoms with Crippen LogP contribution in [0.4, 0.5) is 0 Å². The van der Waals surface area contributed by atoms with Gasteiger partial charge in [0.25, 0.3) is 5.91 Å². The predicted molar refractivity (Wildman–Crippen MR) is 97.8 cm³/mol. The lowest BCUT2D eigenvalue weighted by Crippen LogP contribution is -2.48. The fourth-order valence-corrected chi connectivity index (χ4v) is 3.63. The molecule has 0 aliphatic carbocycles. The van der Waals surface area contributed by atoms with Crippen LogP contribution in [0.3, 0.4) is 0 Å². The summed E-state index contributed by atoms with van der Waals surface area (Å²) < 4.78 is 11.9. The summed E-state index contributed by atoms with van der Waals surface area (Å²) in [5.41, 5.74) is 2.14. The number of carbonyl (C=O) groups excluding carboxylic acids is 1. The fourth-order valence-electron chi connectivity index (χ4n) is 3.63. The van der Waals surface area contributed by atoms with Crippen LogP contribution in [0.1, 0.15) is 30.5 Å². The Balaban J connectivity index is 1.26. The topological polar surface area (TPSA) is 51.7 Å². The first-order valence-corrected chi connectivity index (χ1v) is 9.34. The fraction of sp³-hybridized carbons (Fsp3) is 0.429. The molecular weight excluding hydrogens is 328 g/mol. The average Bonchev–Trinajstić information content (AvgIpc) is 2.72. The van der Waals surface area contributed by atoms with E-state index < -0.39 is 0 Å². The number of rotatable bonds is 4. The maximum Gasteiger partial charge on any atom is 0.263 e. The van der Waals surface area contributed by atoms with Gasteiger partial charge in [-0.25, -0.2) is 0 Å². The van der Waals surface area contributed by atoms with Gasteiger partial charge in [-0.2, -0.15) is 0 Å². The summed E-state index contributed by atoms with van der Waals surface area (Å²) in [5, 5.41) is 0. The predicted octanol–water partition coefficient (Wildman–Crippen LogP) is 2.98. The van der Waals surface area contributed by atoms with Gasteiger partial charge >= 0.3 is 0 Å². The molecule has 1 amide bonds. The van der Waals surface area contributed by atoms with Crippen molar-refractivity contribution in [2.45, 2.75) is 44.5 Å². The molecule has 2 aliphatic rings. The van der Waals surface area contributed by atoms with E-state index in [2.05, 4.69) is 11.1 Å². The third-order valence-electron chi connectivity index (χ3n) is 5.14. The van der Waals surface area contributed by atoms with Crippen molar-refractivity contribution < 1.29 is 14.3 Å². The number of carbonyl (C=O) groups is 1. The summed E-state index contributed by atoms with van der Waals surface area (Å²) in [4.78, 5) is 19.0. The maximum absolute atomic E-state index is 12.8. The summed E-state index contributed by atoms with van der Waals surface area (Å²) in [6, 6.07) is 13.8. The van der Waals surface area contributed by atoms with Crippen LogP contribution in [0.15, 0.2) is 48.7 Å². The quantitative estimate of drug-likeness (QED) is 0.849. The van der Waals surface area contributed by atoms with E-state index in [0.29, 0.717) is 6.61 Å². The molecule has 2 aliphatic heterocycles. The van der Waals surface area contributed by atoms with Gasteiger partial charge in [-0.05, 0) is 49.4 Å². The number of nitrogens with zero attached hydrogens (tertiary/aromatic N) is 2. The number of ether oxygens (including phenoxy) is 2. The maximum atomic E-state index is 12.8. The molecule has 5 nitrogen and oxygen atoms in total. The van der Waals surface area contributed by atoms with Crippen LogP contribution in [0.2, 0.25) is 0 Å². The van der Waals surface area contributed by atoms with Crippen LogP contribution < -0.4 is 4.74 Å². The van der Waals surface area contributed by atoms with E-state index in [9.17, 15) is 4.79 Å². The number of likely N-dealkylation sites (tertiary alicyclic amines) is 1. The highest BCUT2D eigenvalue weighted by atomic mass is 16.5. The molecule has 4 rings (SSSR count). The number of hydrogen-bond donors (Lipinski definition) is 0. The van der Waals surface area contributed by atoms with Crippen molar-refractivity contribution >= 4 is 5.91 Å². The molecule has 5 heteroatoms. The largest absolute Gasteiger partial charge is 0.480 e. The van der Waals surface area contributed by atoms with Crippen molar-refractivity contribution in [1.82, 2.24) is 9.88 Å². The molecule has 3 heterocycles. The summed E-state index contributed by atoms with van der Waals surface area (Å²) in [6.45, 7) is 1.99. The van der Waals surface area contributed by atoms with Crippen LogP contribution in [0.5, 0.6) is 5.75 Å². The van der Waals surface area contributed by atoms with Gasteiger partial charge in [0.2, 0.25) is 0 Å². The van der Waals surface area contributed by atoms with Crippen molar-refractivity contribution in [2.75, 3.05) is 13.1 Å². The second-order valence-electron chi connectivity index (χ2n) is 6.91. The molecule has 0 saturated carbocycles. The molecule has 1 saturated heterocycles. The summed E-state index contributed by atoms with van der Waals surface area (Å²) in [5.74, 6) is 0.966. The molecule has 1 aromatic heterocycles. The number of hydrogen-bond acceptors (Lipinski definition) is 4. The first kappa shape index (κ1) is 17.0. The molecule has 0 spiro atoms. The van der Waals surface area contributed by atoms with Gasteiger partial charge < -0.3 is 14.4 Å². The van der Waals surface area contributed by atoms with Crippen molar-refractivity contribution in [1.29, 1.82) is 0 Å². The first-order chi connectivity index (χ1) is 12.8. The number of amides is 1. The Morgan fingerprint density at radius 3 is 2.73 bits per heavy atom. The first-order valence-electron chi connectivity index (χ1n) is 9.34. The molecule has 1 atom stereocenters. The van der Waals surface area contributed by atoms with Crippen LogP contribution in [0, 0.1) is 0 Å². The van der Waals surface area contributed by atoms with Crippen LogP contribution in [-0.2, 0) is 22.6 Å². The Labute approximate surface area is 153 Å². The highest BCUT2D eigenvalue weighted by molar-refractivity contribution is 5.81. The molecule has 0 unspecified atom stereocenters. The zero-order valence-corrected chi connectivity index (χ0v) is 14.8. The molecule has 1 aromatic carbocycles. The van der Waals surface area contributed by atoms with Crippen molar-refractivity contribution in [3.63, 3.8) is 0 Å². The Morgan fingerprint density at radius 1 is 1.12 bits per heavy atom. The molecule has 0 bridgehead atoms. The molecule has 136 valence electrons. The van der Waals surface area contributed by atoms with E-state index in [1.54, 1.807) is 6.20 Å². The summed E-state index contributed by atoms with van der Waals surface area (Å²) >= 11 is 0. The number of fused-ring (bicyclic) bond motifs is 1. The van der Waals surface area contributed by atoms with Crippen molar-refractivity contribution in [3.8, 4) is 5.75 Å². The number of piperidine rings is 1. The Bertz CT molecular complexity index is 742. The lowest BCUT2D eigenvalue weighted by Gasteiger charge is -2.35. The number of pyridine rings is 1. The summed E-state index contributed by atoms with van der Waals surface area (Å²) in [6.07, 6.45) is 5.00. The van der Waals surface area contributed by atoms with Crippen LogP contribution in [-0.4, -0.2) is 41.1 Å². The van der Waals surface area contributed by atoms with E-state index in [4.69, 9.17) is 9.47 Å². The number of aryl methyl sites for hydroxylation is 1. The average molecular weight is 352 g/mol. The van der Waals surface area contributed by atoms with Gasteiger partial charge in [0.05, 0.1) is 18.4 Å². The lowest BCUT2D eigenvalue weighted by atomic mass is 10.0. The minimum atomic E-state index is -0.351. The molecule has 1 fully saturated rings. The zero-order valence-electron chi connectivity index (χ0n) is 14.8. The Kier molecular flexibility index (Phi) is 5.16. The highest BCUT2D eigenvalue weighted by Crippen LogP contribution is 2.28. The van der Waals surface area contributed by atoms with Crippen LogP contribution >= 0.6 is 0 Å². The van der Waals surface area contributed by atoms with E-state index >= 15 is 0 Å². The highest BCUT2D eigenvalue weighted by Gasteiger charge is 2.32. The smallest absolute Gasteiger partial charge is 0.263 e. The SMILES string of the molecule is O=C([C@H]1CCc2ccccc2O1)N1CCC(OCc2ccccn2)CC1. The molecule has 26 heavy (non-hydrogen) atoms. The third kappa shape index (κ3) is 3.88. The van der Waals surface area contributed by atoms with Gasteiger partial charge in [0.15, 0.2) is 6.10 Å². The molecule has 2 aromatic rings. The van der Waals surface area contributed by atoms with Gasteiger partial charge in [-0.3, -0.25) is 9.78 Å². The van der Waals surface area contributed by atoms with Crippen LogP contribution in [0.25, 0.3) is 0 Å². The third-order valence-corrected chi connectivity index (χ3v) is 5.14. The Morgan fingerprint density at radius 2 is 1.92 bits per heavy atom. The van der Waals surface area contributed by atoms with E-state index in [0.717, 1.165) is 50.2 Å². The monoisotopic (exact) mass is 352 g/mol. The second kappa shape index (κ2) is 7.87. The number of aromatic nitrogens is 1. The lowest BCUT2D eigenvalue weighted by molar-refractivity contribution is -0.142. The second-order valence-corrected chi connectivity index (χ2v) is 6.91. The van der Waals surface area contributed by atoms with Gasteiger partial charge in [0, 0.05) is 19.3 Å². The number of benzene rings is 1. The summed E-state index contributed by atoms with van der Waals surface area (Å²) in [7, 11) is 0. The molecular formula is C21H24N2O3. The zero-order chi connectivity index (χ0) is 17.8. The minimum absolute atomic E-state index is 0.114. The van der Waals surface area contributed by atoms with E-state index in [1.807, 2.05) is 41.3 Å². The molecule has 0 N–H and O–H groups in total. The minimum Gasteiger partial charge on any atom is -0.480 e. The number of para-hydroxylation sites is 1. The molecule has 0 radical (unpaired) electrons. The van der Waals surface area contributed by atoms with E-state index in [1.165, 1.54) is 5.56 Å². The van der Waals surface area contributed by atoms with Crippen molar-refractivity contribution in [2.24, 2.45) is 0 Å².